The molecule has 7 rings (SSSR count). The molecule has 6 heteroatoms. The number of hydrogen-bond acceptors (Lipinski definition) is 5. The van der Waals surface area contributed by atoms with E-state index in [0.29, 0.717) is 23.7 Å². The van der Waals surface area contributed by atoms with Gasteiger partial charge in [0, 0.05) is 16.7 Å². The average Bonchev–Trinajstić information content (AvgIpc) is 3.22. The number of hydrogen-bond donors (Lipinski definition) is 1. The lowest BCUT2D eigenvalue weighted by Crippen LogP contribution is -2.68. The van der Waals surface area contributed by atoms with E-state index in [1.165, 1.54) is 18.9 Å². The molecule has 0 radical (unpaired) electrons. The van der Waals surface area contributed by atoms with Crippen LogP contribution in [0.2, 0.25) is 0 Å². The Morgan fingerprint density at radius 2 is 1.48 bits per heavy atom. The highest BCUT2D eigenvalue weighted by atomic mass is 16.6. The number of aromatic carboxylic acids is 1. The van der Waals surface area contributed by atoms with Gasteiger partial charge in [-0.15, -0.1) is 0 Å². The summed E-state index contributed by atoms with van der Waals surface area (Å²) in [4.78, 5) is 38.7. The molecule has 2 bridgehead atoms. The van der Waals surface area contributed by atoms with Gasteiger partial charge < -0.3 is 14.6 Å². The first-order valence-corrected chi connectivity index (χ1v) is 17.3. The third-order valence-electron chi connectivity index (χ3n) is 15.6. The van der Waals surface area contributed by atoms with Crippen LogP contribution < -0.4 is 0 Å². The summed E-state index contributed by atoms with van der Waals surface area (Å²) >= 11 is 0. The maximum absolute atomic E-state index is 13.5. The number of carboxylic acid groups (broad SMARTS) is 1. The lowest BCUT2D eigenvalue weighted by molar-refractivity contribution is -0.252. The van der Waals surface area contributed by atoms with Crippen molar-refractivity contribution in [3.8, 4) is 0 Å². The maximum Gasteiger partial charge on any atom is 0.339 e. The first-order chi connectivity index (χ1) is 20.5. The predicted molar refractivity (Wildman–Crippen MR) is 167 cm³/mol. The van der Waals surface area contributed by atoms with Gasteiger partial charge in [-0.3, -0.25) is 4.79 Å². The van der Waals surface area contributed by atoms with Crippen LogP contribution in [0.5, 0.6) is 0 Å². The van der Waals surface area contributed by atoms with Gasteiger partial charge in [-0.05, 0) is 110 Å². The molecule has 0 amide bonds. The van der Waals surface area contributed by atoms with Gasteiger partial charge in [0.25, 0.3) is 0 Å². The van der Waals surface area contributed by atoms with Crippen LogP contribution in [0, 0.1) is 56.2 Å². The molecule has 240 valence electrons. The third-order valence-corrected chi connectivity index (χ3v) is 15.6. The summed E-state index contributed by atoms with van der Waals surface area (Å²) in [7, 11) is 0. The molecule has 1 N–H and O–H groups in total. The van der Waals surface area contributed by atoms with E-state index in [-0.39, 0.29) is 61.8 Å². The highest BCUT2D eigenvalue weighted by Gasteiger charge is 2.75. The molecular weight excluding hydrogens is 552 g/mol. The SMILES string of the molecule is CC1(C)CC[C@]23CC[C@]4(C)[C@H](CC[C@@H]5[C@@]6(C)CC[C@@H](OC(=O)c7ccccc7C(=O)O)C(C)(C)[C@H]6CC[C@]54C)[C@@H]2[C@H]1OC3=O. The molecule has 6 fully saturated rings. The summed E-state index contributed by atoms with van der Waals surface area (Å²) < 4.78 is 12.5. The molecule has 1 heterocycles. The molecule has 44 heavy (non-hydrogen) atoms. The zero-order valence-corrected chi connectivity index (χ0v) is 27.8. The minimum absolute atomic E-state index is 0.00876. The molecule has 0 spiro atoms. The van der Waals surface area contributed by atoms with Crippen molar-refractivity contribution < 1.29 is 29.0 Å². The standard InChI is InChI=1S/C38H52O6/c1-33(2)18-20-38-21-19-36(6)24(28(38)29(33)44-32(38)42)12-13-26-35(5)16-15-27(34(3,4)25(35)14-17-37(26,36)7)43-31(41)23-11-9-8-10-22(23)30(39)40/h8-11,24-29H,12-21H2,1-7H3,(H,39,40)/t24-,25-,26-,27-,28-,29-,35+,36-,37-,38+/m1/s1. The first-order valence-electron chi connectivity index (χ1n) is 17.3. The zero-order valence-electron chi connectivity index (χ0n) is 27.8. The van der Waals surface area contributed by atoms with Gasteiger partial charge >= 0.3 is 17.9 Å². The van der Waals surface area contributed by atoms with Gasteiger partial charge in [-0.1, -0.05) is 60.6 Å². The average molecular weight is 605 g/mol. The largest absolute Gasteiger partial charge is 0.478 e. The lowest BCUT2D eigenvalue weighted by Gasteiger charge is -2.73. The second-order valence-electron chi connectivity index (χ2n) is 17.8. The van der Waals surface area contributed by atoms with Crippen molar-refractivity contribution in [3.63, 3.8) is 0 Å². The fourth-order valence-corrected chi connectivity index (χ4v) is 13.1. The van der Waals surface area contributed by atoms with Crippen molar-refractivity contribution in [1.82, 2.24) is 0 Å². The molecule has 1 saturated heterocycles. The van der Waals surface area contributed by atoms with Crippen molar-refractivity contribution in [3.05, 3.63) is 35.4 Å². The number of carbonyl (C=O) groups excluding carboxylic acids is 2. The minimum atomic E-state index is -1.11. The van der Waals surface area contributed by atoms with Gasteiger partial charge in [0.1, 0.15) is 12.2 Å². The van der Waals surface area contributed by atoms with Crippen LogP contribution in [0.1, 0.15) is 133 Å². The monoisotopic (exact) mass is 604 g/mol. The van der Waals surface area contributed by atoms with Crippen LogP contribution in [0.15, 0.2) is 24.3 Å². The van der Waals surface area contributed by atoms with Gasteiger partial charge in [0.15, 0.2) is 0 Å². The minimum Gasteiger partial charge on any atom is -0.478 e. The highest BCUT2D eigenvalue weighted by molar-refractivity contribution is 6.02. The van der Waals surface area contributed by atoms with Crippen molar-refractivity contribution in [1.29, 1.82) is 0 Å². The fourth-order valence-electron chi connectivity index (χ4n) is 13.1. The Morgan fingerprint density at radius 1 is 0.795 bits per heavy atom. The topological polar surface area (TPSA) is 89.9 Å². The summed E-state index contributed by atoms with van der Waals surface area (Å²) in [6.07, 6.45) is 10.3. The van der Waals surface area contributed by atoms with Crippen LogP contribution in [0.25, 0.3) is 0 Å². The molecule has 6 nitrogen and oxygen atoms in total. The number of carbonyl (C=O) groups is 3. The van der Waals surface area contributed by atoms with Crippen LogP contribution in [-0.2, 0) is 14.3 Å². The van der Waals surface area contributed by atoms with Crippen molar-refractivity contribution in [2.75, 3.05) is 0 Å². The van der Waals surface area contributed by atoms with Gasteiger partial charge in [-0.25, -0.2) is 9.59 Å². The van der Waals surface area contributed by atoms with Gasteiger partial charge in [-0.2, -0.15) is 0 Å². The van der Waals surface area contributed by atoms with E-state index in [9.17, 15) is 19.5 Å². The van der Waals surface area contributed by atoms with Gasteiger partial charge in [0.05, 0.1) is 16.5 Å². The molecule has 5 aliphatic carbocycles. The molecular formula is C38H52O6. The molecule has 1 aromatic carbocycles. The normalized spacial score (nSPS) is 46.4. The van der Waals surface area contributed by atoms with E-state index in [1.54, 1.807) is 18.2 Å². The quantitative estimate of drug-likeness (QED) is 0.349. The molecule has 1 aliphatic heterocycles. The van der Waals surface area contributed by atoms with Crippen molar-refractivity contribution in [2.45, 2.75) is 125 Å². The summed E-state index contributed by atoms with van der Waals surface area (Å²) in [6, 6.07) is 6.36. The predicted octanol–water partition coefficient (Wildman–Crippen LogP) is 8.33. The van der Waals surface area contributed by atoms with E-state index in [4.69, 9.17) is 9.47 Å². The lowest BCUT2D eigenvalue weighted by atomic mass is 9.31. The zero-order chi connectivity index (χ0) is 31.7. The Labute approximate surface area is 263 Å². The third kappa shape index (κ3) is 3.69. The number of fused-ring (bicyclic) bond motifs is 5. The molecule has 1 aromatic rings. The molecule has 6 aliphatic rings. The highest BCUT2D eigenvalue weighted by Crippen LogP contribution is 2.78. The number of rotatable bonds is 3. The van der Waals surface area contributed by atoms with E-state index in [1.807, 2.05) is 0 Å². The van der Waals surface area contributed by atoms with E-state index in [0.717, 1.165) is 51.4 Å². The number of ether oxygens (including phenoxy) is 2. The van der Waals surface area contributed by atoms with Crippen molar-refractivity contribution >= 4 is 17.9 Å². The molecule has 0 aromatic heterocycles. The maximum atomic E-state index is 13.5. The van der Waals surface area contributed by atoms with Crippen LogP contribution in [0.3, 0.4) is 0 Å². The second-order valence-corrected chi connectivity index (χ2v) is 17.8. The molecule has 0 unspecified atom stereocenters. The number of benzene rings is 1. The number of carboxylic acids is 1. The molecule has 5 saturated carbocycles. The molecule has 10 atom stereocenters. The second kappa shape index (κ2) is 9.35. The number of esters is 2. The summed E-state index contributed by atoms with van der Waals surface area (Å²) in [5, 5.41) is 9.65. The smallest absolute Gasteiger partial charge is 0.339 e. The summed E-state index contributed by atoms with van der Waals surface area (Å²) in [6.45, 7) is 16.9. The Bertz CT molecular complexity index is 1410. The Hall–Kier alpha value is -2.37. The van der Waals surface area contributed by atoms with Gasteiger partial charge in [0.2, 0.25) is 0 Å². The Balaban J connectivity index is 1.17. The Kier molecular flexibility index (Phi) is 6.43. The van der Waals surface area contributed by atoms with E-state index in [2.05, 4.69) is 48.5 Å². The van der Waals surface area contributed by atoms with Crippen LogP contribution in [0.4, 0.5) is 0 Å². The fraction of sp³-hybridized carbons (Fsp3) is 0.763. The summed E-state index contributed by atoms with van der Waals surface area (Å²) in [5.74, 6) is 0.269. The Morgan fingerprint density at radius 3 is 2.18 bits per heavy atom. The summed E-state index contributed by atoms with van der Waals surface area (Å²) in [5.41, 5.74) is 0.109. The van der Waals surface area contributed by atoms with Crippen LogP contribution in [-0.4, -0.2) is 35.2 Å². The van der Waals surface area contributed by atoms with E-state index >= 15 is 0 Å². The van der Waals surface area contributed by atoms with Crippen molar-refractivity contribution in [2.24, 2.45) is 56.2 Å². The van der Waals surface area contributed by atoms with E-state index < -0.39 is 11.9 Å². The first kappa shape index (κ1) is 30.3. The van der Waals surface area contributed by atoms with Crippen LogP contribution >= 0.6 is 0 Å².